The molecule has 100 valence electrons. The summed E-state index contributed by atoms with van der Waals surface area (Å²) in [5.74, 6) is 0. The first kappa shape index (κ1) is 13.7. The van der Waals surface area contributed by atoms with Gasteiger partial charge in [0.2, 0.25) is 0 Å². The molecule has 18 heavy (non-hydrogen) atoms. The molecule has 1 saturated heterocycles. The summed E-state index contributed by atoms with van der Waals surface area (Å²) in [6.45, 7) is 7.65. The molecule has 1 atom stereocenters. The van der Waals surface area contributed by atoms with Crippen LogP contribution in [-0.2, 0) is 0 Å². The smallest absolute Gasteiger partial charge is 0.0639 e. The van der Waals surface area contributed by atoms with Crippen LogP contribution in [0.2, 0.25) is 5.02 Å². The average molecular weight is 267 g/mol. The largest absolute Gasteiger partial charge is 0.369 e. The third-order valence-electron chi connectivity index (χ3n) is 3.56. The van der Waals surface area contributed by atoms with Crippen molar-refractivity contribution < 1.29 is 0 Å². The van der Waals surface area contributed by atoms with E-state index in [1.165, 1.54) is 30.5 Å². The fourth-order valence-electron chi connectivity index (χ4n) is 2.62. The van der Waals surface area contributed by atoms with Gasteiger partial charge in [-0.2, -0.15) is 0 Å². The number of halogens is 1. The standard InChI is InChI=1S/C15H23ClN2/c1-3-5-13-11-18(9-4-8-17-13)15-10-12(2)6-7-14(15)16/h6-7,10,13,17H,3-5,8-9,11H2,1-2H3. The highest BCUT2D eigenvalue weighted by Crippen LogP contribution is 2.28. The van der Waals surface area contributed by atoms with E-state index in [2.05, 4.69) is 36.2 Å². The van der Waals surface area contributed by atoms with E-state index in [0.717, 1.165) is 24.7 Å². The number of hydrogen-bond donors (Lipinski definition) is 1. The number of nitrogens with zero attached hydrogens (tertiary/aromatic N) is 1. The van der Waals surface area contributed by atoms with Gasteiger partial charge in [-0.25, -0.2) is 0 Å². The molecule has 0 aromatic heterocycles. The van der Waals surface area contributed by atoms with Crippen molar-refractivity contribution in [3.63, 3.8) is 0 Å². The van der Waals surface area contributed by atoms with Crippen LogP contribution in [0.3, 0.4) is 0 Å². The molecule has 2 rings (SSSR count). The Balaban J connectivity index is 2.16. The average Bonchev–Trinajstić information content (AvgIpc) is 2.58. The number of benzene rings is 1. The molecule has 0 amide bonds. The Morgan fingerprint density at radius 1 is 1.44 bits per heavy atom. The van der Waals surface area contributed by atoms with Crippen LogP contribution in [-0.4, -0.2) is 25.7 Å². The summed E-state index contributed by atoms with van der Waals surface area (Å²) in [6, 6.07) is 6.88. The van der Waals surface area contributed by atoms with Gasteiger partial charge in [0, 0.05) is 19.1 Å². The fraction of sp³-hybridized carbons (Fsp3) is 0.600. The number of anilines is 1. The van der Waals surface area contributed by atoms with E-state index in [1.54, 1.807) is 0 Å². The molecule has 2 nitrogen and oxygen atoms in total. The van der Waals surface area contributed by atoms with Crippen molar-refractivity contribution in [1.29, 1.82) is 0 Å². The number of rotatable bonds is 3. The van der Waals surface area contributed by atoms with Crippen molar-refractivity contribution in [2.75, 3.05) is 24.5 Å². The van der Waals surface area contributed by atoms with Gasteiger partial charge in [0.15, 0.2) is 0 Å². The maximum Gasteiger partial charge on any atom is 0.0639 e. The Bertz CT molecular complexity index is 392. The zero-order valence-corrected chi connectivity index (χ0v) is 12.1. The summed E-state index contributed by atoms with van der Waals surface area (Å²) in [5.41, 5.74) is 2.47. The molecule has 0 saturated carbocycles. The van der Waals surface area contributed by atoms with E-state index in [0.29, 0.717) is 6.04 Å². The molecule has 0 aliphatic carbocycles. The van der Waals surface area contributed by atoms with Gasteiger partial charge < -0.3 is 10.2 Å². The lowest BCUT2D eigenvalue weighted by molar-refractivity contribution is 0.502. The van der Waals surface area contributed by atoms with Crippen molar-refractivity contribution in [2.45, 2.75) is 39.2 Å². The zero-order valence-electron chi connectivity index (χ0n) is 11.4. The molecule has 1 aromatic rings. The Kier molecular flexibility index (Phi) is 4.90. The molecule has 0 spiro atoms. The van der Waals surface area contributed by atoms with E-state index < -0.39 is 0 Å². The van der Waals surface area contributed by atoms with Crippen LogP contribution in [0.25, 0.3) is 0 Å². The third-order valence-corrected chi connectivity index (χ3v) is 3.88. The highest BCUT2D eigenvalue weighted by Gasteiger charge is 2.18. The van der Waals surface area contributed by atoms with Crippen LogP contribution in [0.5, 0.6) is 0 Å². The highest BCUT2D eigenvalue weighted by molar-refractivity contribution is 6.33. The summed E-state index contributed by atoms with van der Waals surface area (Å²) < 4.78 is 0. The first-order valence-electron chi connectivity index (χ1n) is 6.95. The van der Waals surface area contributed by atoms with E-state index >= 15 is 0 Å². The van der Waals surface area contributed by atoms with Gasteiger partial charge in [-0.3, -0.25) is 0 Å². The van der Waals surface area contributed by atoms with Gasteiger partial charge in [-0.15, -0.1) is 0 Å². The molecule has 1 aliphatic heterocycles. The summed E-state index contributed by atoms with van der Waals surface area (Å²) in [4.78, 5) is 2.44. The van der Waals surface area contributed by atoms with Gasteiger partial charge in [0.25, 0.3) is 0 Å². The Hall–Kier alpha value is -0.730. The van der Waals surface area contributed by atoms with Crippen LogP contribution in [0.4, 0.5) is 5.69 Å². The molecule has 1 aromatic carbocycles. The summed E-state index contributed by atoms with van der Waals surface area (Å²) in [6.07, 6.45) is 3.65. The van der Waals surface area contributed by atoms with Gasteiger partial charge in [-0.1, -0.05) is 31.0 Å². The highest BCUT2D eigenvalue weighted by atomic mass is 35.5. The van der Waals surface area contributed by atoms with Crippen LogP contribution < -0.4 is 10.2 Å². The number of hydrogen-bond acceptors (Lipinski definition) is 2. The number of nitrogens with one attached hydrogen (secondary N) is 1. The minimum Gasteiger partial charge on any atom is -0.369 e. The van der Waals surface area contributed by atoms with E-state index in [9.17, 15) is 0 Å². The van der Waals surface area contributed by atoms with Crippen molar-refractivity contribution in [2.24, 2.45) is 0 Å². The quantitative estimate of drug-likeness (QED) is 0.899. The van der Waals surface area contributed by atoms with Gasteiger partial charge >= 0.3 is 0 Å². The summed E-state index contributed by atoms with van der Waals surface area (Å²) in [5, 5.41) is 4.50. The van der Waals surface area contributed by atoms with Gasteiger partial charge in [0.1, 0.15) is 0 Å². The van der Waals surface area contributed by atoms with Crippen LogP contribution in [0.15, 0.2) is 18.2 Å². The molecular weight excluding hydrogens is 244 g/mol. The normalized spacial score (nSPS) is 20.8. The fourth-order valence-corrected chi connectivity index (χ4v) is 2.86. The van der Waals surface area contributed by atoms with Crippen LogP contribution in [0, 0.1) is 6.92 Å². The van der Waals surface area contributed by atoms with E-state index in [1.807, 2.05) is 6.07 Å². The second-order valence-electron chi connectivity index (χ2n) is 5.19. The van der Waals surface area contributed by atoms with Crippen molar-refractivity contribution in [3.05, 3.63) is 28.8 Å². The topological polar surface area (TPSA) is 15.3 Å². The molecule has 1 aliphatic rings. The Morgan fingerprint density at radius 2 is 2.28 bits per heavy atom. The lowest BCUT2D eigenvalue weighted by Crippen LogP contribution is -2.37. The number of aryl methyl sites for hydroxylation is 1. The first-order chi connectivity index (χ1) is 8.70. The van der Waals surface area contributed by atoms with Crippen molar-refractivity contribution in [1.82, 2.24) is 5.32 Å². The maximum absolute atomic E-state index is 6.35. The predicted molar refractivity (Wildman–Crippen MR) is 79.7 cm³/mol. The molecule has 3 heteroatoms. The maximum atomic E-state index is 6.35. The zero-order chi connectivity index (χ0) is 13.0. The SMILES string of the molecule is CCCC1CN(c2cc(C)ccc2Cl)CCCN1. The predicted octanol–water partition coefficient (Wildman–Crippen LogP) is 3.62. The Morgan fingerprint density at radius 3 is 3.06 bits per heavy atom. The minimum absolute atomic E-state index is 0.592. The lowest BCUT2D eigenvalue weighted by Gasteiger charge is -2.27. The van der Waals surface area contributed by atoms with Crippen LogP contribution in [0.1, 0.15) is 31.7 Å². The van der Waals surface area contributed by atoms with Crippen molar-refractivity contribution >= 4 is 17.3 Å². The minimum atomic E-state index is 0.592. The summed E-state index contributed by atoms with van der Waals surface area (Å²) in [7, 11) is 0. The van der Waals surface area contributed by atoms with Crippen LogP contribution >= 0.6 is 11.6 Å². The molecule has 1 fully saturated rings. The van der Waals surface area contributed by atoms with Gasteiger partial charge in [-0.05, 0) is 44.0 Å². The molecule has 0 bridgehead atoms. The van der Waals surface area contributed by atoms with E-state index in [-0.39, 0.29) is 0 Å². The third kappa shape index (κ3) is 3.39. The molecule has 0 radical (unpaired) electrons. The monoisotopic (exact) mass is 266 g/mol. The summed E-state index contributed by atoms with van der Waals surface area (Å²) >= 11 is 6.35. The lowest BCUT2D eigenvalue weighted by atomic mass is 10.1. The first-order valence-corrected chi connectivity index (χ1v) is 7.33. The molecular formula is C15H23ClN2. The van der Waals surface area contributed by atoms with Crippen molar-refractivity contribution in [3.8, 4) is 0 Å². The molecule has 1 unspecified atom stereocenters. The second kappa shape index (κ2) is 6.44. The second-order valence-corrected chi connectivity index (χ2v) is 5.60. The van der Waals surface area contributed by atoms with Gasteiger partial charge in [0.05, 0.1) is 10.7 Å². The molecule has 1 N–H and O–H groups in total. The Labute approximate surface area is 115 Å². The van der Waals surface area contributed by atoms with E-state index in [4.69, 9.17) is 11.6 Å². The molecule has 1 heterocycles.